The van der Waals surface area contributed by atoms with Crippen molar-refractivity contribution in [3.05, 3.63) is 115 Å². The molecule has 0 atom stereocenters. The number of benzene rings is 4. The van der Waals surface area contributed by atoms with E-state index in [0.717, 1.165) is 16.7 Å². The SMILES string of the molecule is COc1ccc(N(C)[P+](c2ccccc2)(c2ccccc2)c2ccc(F)cc2)cc1. The standard InChI is InChI=1S/C26H24FNOP/c1-28(22-15-17-23(29-2)18-16-22)30(24-9-5-3-6-10-24,25-11-7-4-8-12-25)26-19-13-21(27)14-20-26/h3-20H,1-2H3/q+1. The molecule has 150 valence electrons. The van der Waals surface area contributed by atoms with E-state index in [-0.39, 0.29) is 5.82 Å². The zero-order valence-electron chi connectivity index (χ0n) is 17.1. The average Bonchev–Trinajstić information content (AvgIpc) is 2.82. The highest BCUT2D eigenvalue weighted by atomic mass is 31.2. The van der Waals surface area contributed by atoms with Gasteiger partial charge in [-0.2, -0.15) is 0 Å². The lowest BCUT2D eigenvalue weighted by Crippen LogP contribution is -2.41. The van der Waals surface area contributed by atoms with Crippen LogP contribution >= 0.6 is 7.41 Å². The van der Waals surface area contributed by atoms with Gasteiger partial charge in [0.15, 0.2) is 0 Å². The van der Waals surface area contributed by atoms with Crippen molar-refractivity contribution in [3.8, 4) is 5.75 Å². The van der Waals surface area contributed by atoms with Crippen LogP contribution in [0.2, 0.25) is 0 Å². The van der Waals surface area contributed by atoms with Crippen molar-refractivity contribution in [2.75, 3.05) is 18.8 Å². The fraction of sp³-hybridized carbons (Fsp3) is 0.0769. The molecule has 4 aromatic rings. The fourth-order valence-corrected chi connectivity index (χ4v) is 8.08. The van der Waals surface area contributed by atoms with Crippen LogP contribution in [0.5, 0.6) is 5.75 Å². The summed E-state index contributed by atoms with van der Waals surface area (Å²) in [5.74, 6) is 0.586. The van der Waals surface area contributed by atoms with E-state index in [4.69, 9.17) is 4.74 Å². The Morgan fingerprint density at radius 1 is 0.633 bits per heavy atom. The lowest BCUT2D eigenvalue weighted by Gasteiger charge is -2.35. The van der Waals surface area contributed by atoms with E-state index in [2.05, 4.69) is 72.4 Å². The van der Waals surface area contributed by atoms with E-state index < -0.39 is 7.41 Å². The Labute approximate surface area is 178 Å². The van der Waals surface area contributed by atoms with Gasteiger partial charge in [-0.05, 0) is 72.8 Å². The first-order chi connectivity index (χ1) is 14.7. The summed E-state index contributed by atoms with van der Waals surface area (Å²) in [5, 5.41) is 3.52. The molecule has 0 aliphatic rings. The molecule has 4 rings (SSSR count). The van der Waals surface area contributed by atoms with E-state index in [1.165, 1.54) is 10.6 Å². The second kappa shape index (κ2) is 8.69. The van der Waals surface area contributed by atoms with Crippen LogP contribution in [0.1, 0.15) is 0 Å². The molecule has 0 aliphatic heterocycles. The molecule has 0 saturated heterocycles. The number of hydrogen-bond acceptors (Lipinski definition) is 2. The normalized spacial score (nSPS) is 11.2. The third kappa shape index (κ3) is 3.58. The molecular formula is C26H24FNOP+. The lowest BCUT2D eigenvalue weighted by molar-refractivity contribution is 0.415. The number of ether oxygens (including phenoxy) is 1. The summed E-state index contributed by atoms with van der Waals surface area (Å²) >= 11 is 0. The van der Waals surface area contributed by atoms with Crippen LogP contribution in [-0.2, 0) is 0 Å². The maximum Gasteiger partial charge on any atom is 0.202 e. The molecule has 0 heterocycles. The van der Waals surface area contributed by atoms with Crippen molar-refractivity contribution < 1.29 is 9.13 Å². The van der Waals surface area contributed by atoms with Crippen LogP contribution in [0.4, 0.5) is 10.1 Å². The lowest BCUT2D eigenvalue weighted by atomic mass is 10.3. The molecule has 0 spiro atoms. The molecule has 0 bridgehead atoms. The maximum atomic E-state index is 13.9. The highest BCUT2D eigenvalue weighted by Crippen LogP contribution is 2.59. The van der Waals surface area contributed by atoms with E-state index in [0.29, 0.717) is 0 Å². The first-order valence-electron chi connectivity index (χ1n) is 9.81. The Morgan fingerprint density at radius 3 is 1.57 bits per heavy atom. The molecule has 0 aromatic heterocycles. The van der Waals surface area contributed by atoms with E-state index in [1.807, 2.05) is 36.4 Å². The van der Waals surface area contributed by atoms with Crippen LogP contribution in [-0.4, -0.2) is 14.2 Å². The number of nitrogens with zero attached hydrogens (tertiary/aromatic N) is 1. The van der Waals surface area contributed by atoms with Crippen molar-refractivity contribution in [3.63, 3.8) is 0 Å². The molecule has 2 nitrogen and oxygen atoms in total. The first-order valence-corrected chi connectivity index (χ1v) is 11.5. The third-order valence-electron chi connectivity index (χ3n) is 5.36. The molecule has 0 amide bonds. The van der Waals surface area contributed by atoms with Crippen LogP contribution in [0.25, 0.3) is 0 Å². The molecule has 4 heteroatoms. The monoisotopic (exact) mass is 416 g/mol. The highest BCUT2D eigenvalue weighted by Gasteiger charge is 2.50. The largest absolute Gasteiger partial charge is 0.497 e. The average molecular weight is 416 g/mol. The van der Waals surface area contributed by atoms with Crippen molar-refractivity contribution >= 4 is 29.0 Å². The van der Waals surface area contributed by atoms with Gasteiger partial charge >= 0.3 is 0 Å². The van der Waals surface area contributed by atoms with Gasteiger partial charge in [0.2, 0.25) is 7.41 Å². The van der Waals surface area contributed by atoms with E-state index in [9.17, 15) is 4.39 Å². The first kappa shape index (κ1) is 20.1. The summed E-state index contributed by atoms with van der Waals surface area (Å²) in [6, 6.07) is 36.1. The Hall–Kier alpha value is -3.16. The summed E-state index contributed by atoms with van der Waals surface area (Å²) in [6.07, 6.45) is 0. The molecule has 0 N–H and O–H groups in total. The molecule has 0 saturated carbocycles. The predicted molar refractivity (Wildman–Crippen MR) is 127 cm³/mol. The molecular weight excluding hydrogens is 392 g/mol. The number of hydrogen-bond donors (Lipinski definition) is 0. The molecule has 0 fully saturated rings. The topological polar surface area (TPSA) is 12.5 Å². The van der Waals surface area contributed by atoms with Gasteiger partial charge in [0.05, 0.1) is 12.8 Å². The predicted octanol–water partition coefficient (Wildman–Crippen LogP) is 5.18. The Bertz CT molecular complexity index is 1040. The van der Waals surface area contributed by atoms with Crippen molar-refractivity contribution in [2.24, 2.45) is 0 Å². The Balaban J connectivity index is 2.02. The Kier molecular flexibility index (Phi) is 5.83. The molecule has 0 aliphatic carbocycles. The van der Waals surface area contributed by atoms with Gasteiger partial charge in [-0.15, -0.1) is 0 Å². The van der Waals surface area contributed by atoms with Crippen LogP contribution < -0.4 is 25.3 Å². The molecule has 30 heavy (non-hydrogen) atoms. The quantitative estimate of drug-likeness (QED) is 0.402. The van der Waals surface area contributed by atoms with Gasteiger partial charge in [0, 0.05) is 7.05 Å². The minimum atomic E-state index is -2.28. The maximum absolute atomic E-state index is 13.9. The summed E-state index contributed by atoms with van der Waals surface area (Å²) in [5.41, 5.74) is 1.07. The number of rotatable bonds is 6. The van der Waals surface area contributed by atoms with Crippen molar-refractivity contribution in [1.82, 2.24) is 0 Å². The van der Waals surface area contributed by atoms with E-state index in [1.54, 1.807) is 19.2 Å². The van der Waals surface area contributed by atoms with Crippen LogP contribution in [0.3, 0.4) is 0 Å². The zero-order valence-corrected chi connectivity index (χ0v) is 18.0. The molecule has 4 aromatic carbocycles. The minimum Gasteiger partial charge on any atom is -0.497 e. The summed E-state index contributed by atoms with van der Waals surface area (Å²) in [6.45, 7) is 0. The molecule has 0 radical (unpaired) electrons. The molecule has 0 unspecified atom stereocenters. The third-order valence-corrected chi connectivity index (χ3v) is 9.62. The fourth-order valence-electron chi connectivity index (χ4n) is 3.88. The van der Waals surface area contributed by atoms with Crippen LogP contribution in [0, 0.1) is 5.82 Å². The van der Waals surface area contributed by atoms with Gasteiger partial charge in [-0.1, -0.05) is 36.4 Å². The van der Waals surface area contributed by atoms with Gasteiger partial charge < -0.3 is 4.74 Å². The van der Waals surface area contributed by atoms with Crippen LogP contribution in [0.15, 0.2) is 109 Å². The second-order valence-corrected chi connectivity index (χ2v) is 10.4. The van der Waals surface area contributed by atoms with Gasteiger partial charge in [-0.25, -0.2) is 9.06 Å². The second-order valence-electron chi connectivity index (χ2n) is 7.00. The van der Waals surface area contributed by atoms with Gasteiger partial charge in [0.1, 0.15) is 27.5 Å². The van der Waals surface area contributed by atoms with E-state index >= 15 is 0 Å². The van der Waals surface area contributed by atoms with Gasteiger partial charge in [0.25, 0.3) is 0 Å². The smallest absolute Gasteiger partial charge is 0.202 e. The number of methoxy groups -OCH3 is 1. The number of halogens is 1. The van der Waals surface area contributed by atoms with Gasteiger partial charge in [-0.3, -0.25) is 0 Å². The highest BCUT2D eigenvalue weighted by molar-refractivity contribution is 7.96. The number of anilines is 1. The summed E-state index contributed by atoms with van der Waals surface area (Å²) < 4.78 is 21.6. The summed E-state index contributed by atoms with van der Waals surface area (Å²) in [7, 11) is 1.51. The zero-order chi connectivity index (χ0) is 21.0. The van der Waals surface area contributed by atoms with Crippen molar-refractivity contribution in [2.45, 2.75) is 0 Å². The summed E-state index contributed by atoms with van der Waals surface area (Å²) in [4.78, 5) is 0. The minimum absolute atomic E-state index is 0.231. The Morgan fingerprint density at radius 2 is 1.10 bits per heavy atom. The van der Waals surface area contributed by atoms with Crippen molar-refractivity contribution in [1.29, 1.82) is 0 Å².